The van der Waals surface area contributed by atoms with Gasteiger partial charge in [-0.05, 0) is 30.3 Å². The molecule has 0 spiro atoms. The number of ether oxygens (including phenoxy) is 1. The van der Waals surface area contributed by atoms with Crippen molar-refractivity contribution in [3.63, 3.8) is 0 Å². The molecule has 1 atom stereocenters. The molecule has 0 radical (unpaired) electrons. The smallest absolute Gasteiger partial charge is 0.255 e. The van der Waals surface area contributed by atoms with E-state index in [1.807, 2.05) is 12.1 Å². The minimum absolute atomic E-state index is 0.000272. The van der Waals surface area contributed by atoms with Gasteiger partial charge < -0.3 is 9.64 Å². The van der Waals surface area contributed by atoms with Gasteiger partial charge in [0.2, 0.25) is 0 Å². The number of likely N-dealkylation sites (tertiary alicyclic amines) is 1. The van der Waals surface area contributed by atoms with Gasteiger partial charge in [-0.15, -0.1) is 0 Å². The van der Waals surface area contributed by atoms with Crippen molar-refractivity contribution in [1.29, 1.82) is 0 Å². The van der Waals surface area contributed by atoms with Crippen LogP contribution in [-0.4, -0.2) is 35.0 Å². The molecule has 108 valence electrons. The fourth-order valence-electron chi connectivity index (χ4n) is 2.41. The number of amides is 1. The molecule has 2 aromatic rings. The third-order valence-corrected chi connectivity index (χ3v) is 3.67. The van der Waals surface area contributed by atoms with Crippen molar-refractivity contribution < 1.29 is 9.53 Å². The Morgan fingerprint density at radius 1 is 1.33 bits per heavy atom. The topological polar surface area (TPSA) is 42.4 Å². The van der Waals surface area contributed by atoms with Crippen LogP contribution in [0.15, 0.2) is 48.8 Å². The molecule has 1 aliphatic heterocycles. The monoisotopic (exact) mass is 302 g/mol. The van der Waals surface area contributed by atoms with Crippen molar-refractivity contribution in [2.45, 2.75) is 12.5 Å². The summed E-state index contributed by atoms with van der Waals surface area (Å²) >= 11 is 5.94. The summed E-state index contributed by atoms with van der Waals surface area (Å²) in [6.07, 6.45) is 4.07. The Bertz CT molecular complexity index is 633. The normalized spacial score (nSPS) is 17.8. The predicted octanol–water partition coefficient (Wildman–Crippen LogP) is 3.03. The number of nitrogens with zero attached hydrogens (tertiary/aromatic N) is 2. The fraction of sp³-hybridized carbons (Fsp3) is 0.250. The lowest BCUT2D eigenvalue weighted by Gasteiger charge is -2.17. The highest BCUT2D eigenvalue weighted by Crippen LogP contribution is 2.22. The Morgan fingerprint density at radius 2 is 2.24 bits per heavy atom. The highest BCUT2D eigenvalue weighted by molar-refractivity contribution is 6.30. The van der Waals surface area contributed by atoms with Crippen LogP contribution in [0.1, 0.15) is 16.8 Å². The first kappa shape index (κ1) is 13.9. The number of carbonyl (C=O) groups is 1. The molecular weight excluding hydrogens is 288 g/mol. The Morgan fingerprint density at radius 3 is 3.00 bits per heavy atom. The molecule has 1 saturated heterocycles. The van der Waals surface area contributed by atoms with Gasteiger partial charge in [-0.25, -0.2) is 0 Å². The van der Waals surface area contributed by atoms with Gasteiger partial charge in [-0.3, -0.25) is 9.78 Å². The zero-order chi connectivity index (χ0) is 14.7. The molecule has 21 heavy (non-hydrogen) atoms. The van der Waals surface area contributed by atoms with Gasteiger partial charge in [0.25, 0.3) is 5.91 Å². The van der Waals surface area contributed by atoms with Crippen LogP contribution in [-0.2, 0) is 0 Å². The molecule has 0 saturated carbocycles. The first-order valence-electron chi connectivity index (χ1n) is 6.84. The third kappa shape index (κ3) is 3.34. The molecule has 2 heterocycles. The largest absolute Gasteiger partial charge is 0.488 e. The minimum atomic E-state index is 0.000272. The summed E-state index contributed by atoms with van der Waals surface area (Å²) in [5.41, 5.74) is 0.612. The summed E-state index contributed by atoms with van der Waals surface area (Å²) in [5, 5.41) is 0.647. The molecule has 4 nitrogen and oxygen atoms in total. The number of aromatic nitrogens is 1. The first-order valence-corrected chi connectivity index (χ1v) is 7.22. The van der Waals surface area contributed by atoms with E-state index < -0.39 is 0 Å². The molecule has 3 rings (SSSR count). The van der Waals surface area contributed by atoms with E-state index in [0.29, 0.717) is 23.7 Å². The van der Waals surface area contributed by atoms with Crippen molar-refractivity contribution in [2.75, 3.05) is 13.1 Å². The second-order valence-electron chi connectivity index (χ2n) is 4.98. The molecule has 0 aliphatic carbocycles. The summed E-state index contributed by atoms with van der Waals surface area (Å²) < 4.78 is 5.88. The zero-order valence-electron chi connectivity index (χ0n) is 11.4. The lowest BCUT2D eigenvalue weighted by molar-refractivity contribution is 0.0772. The quantitative estimate of drug-likeness (QED) is 0.875. The van der Waals surface area contributed by atoms with E-state index in [-0.39, 0.29) is 12.0 Å². The van der Waals surface area contributed by atoms with E-state index in [2.05, 4.69) is 4.98 Å². The van der Waals surface area contributed by atoms with E-state index in [9.17, 15) is 4.79 Å². The van der Waals surface area contributed by atoms with Gasteiger partial charge in [-0.2, -0.15) is 0 Å². The van der Waals surface area contributed by atoms with Crippen LogP contribution in [0.3, 0.4) is 0 Å². The number of halogens is 1. The second kappa shape index (κ2) is 6.14. The summed E-state index contributed by atoms with van der Waals surface area (Å²) in [5.74, 6) is 0.739. The molecule has 1 aliphatic rings. The SMILES string of the molecule is O=C(c1cccnc1)N1CC[C@H](Oc2cccc(Cl)c2)C1. The van der Waals surface area contributed by atoms with Crippen LogP contribution in [0.5, 0.6) is 5.75 Å². The molecule has 1 aromatic heterocycles. The molecule has 0 bridgehead atoms. The van der Waals surface area contributed by atoms with E-state index in [0.717, 1.165) is 12.2 Å². The van der Waals surface area contributed by atoms with E-state index in [1.54, 1.807) is 41.6 Å². The molecular formula is C16H15ClN2O2. The summed E-state index contributed by atoms with van der Waals surface area (Å²) in [7, 11) is 0. The van der Waals surface area contributed by atoms with Crippen LogP contribution >= 0.6 is 11.6 Å². The number of rotatable bonds is 3. The number of hydrogen-bond donors (Lipinski definition) is 0. The van der Waals surface area contributed by atoms with Crippen molar-refractivity contribution >= 4 is 17.5 Å². The van der Waals surface area contributed by atoms with Crippen molar-refractivity contribution in [3.8, 4) is 5.75 Å². The van der Waals surface area contributed by atoms with Crippen molar-refractivity contribution in [2.24, 2.45) is 0 Å². The Labute approximate surface area is 128 Å². The molecule has 0 N–H and O–H groups in total. The molecule has 5 heteroatoms. The third-order valence-electron chi connectivity index (χ3n) is 3.44. The van der Waals surface area contributed by atoms with Crippen LogP contribution in [0.25, 0.3) is 0 Å². The van der Waals surface area contributed by atoms with Crippen molar-refractivity contribution in [1.82, 2.24) is 9.88 Å². The Balaban J connectivity index is 1.62. The van der Waals surface area contributed by atoms with Crippen LogP contribution in [0.2, 0.25) is 5.02 Å². The van der Waals surface area contributed by atoms with Crippen LogP contribution in [0.4, 0.5) is 0 Å². The highest BCUT2D eigenvalue weighted by Gasteiger charge is 2.28. The lowest BCUT2D eigenvalue weighted by Crippen LogP contribution is -2.30. The van der Waals surface area contributed by atoms with E-state index >= 15 is 0 Å². The van der Waals surface area contributed by atoms with Gasteiger partial charge in [0.15, 0.2) is 0 Å². The van der Waals surface area contributed by atoms with Gasteiger partial charge >= 0.3 is 0 Å². The van der Waals surface area contributed by atoms with Crippen LogP contribution in [0, 0.1) is 0 Å². The second-order valence-corrected chi connectivity index (χ2v) is 5.42. The standard InChI is InChI=1S/C16H15ClN2O2/c17-13-4-1-5-14(9-13)21-15-6-8-19(11-15)16(20)12-3-2-7-18-10-12/h1-5,7,9-10,15H,6,8,11H2/t15-/m0/s1. The molecule has 1 amide bonds. The van der Waals surface area contributed by atoms with E-state index in [4.69, 9.17) is 16.3 Å². The number of benzene rings is 1. The minimum Gasteiger partial charge on any atom is -0.488 e. The van der Waals surface area contributed by atoms with Gasteiger partial charge in [0, 0.05) is 30.4 Å². The maximum absolute atomic E-state index is 12.3. The molecule has 0 unspecified atom stereocenters. The van der Waals surface area contributed by atoms with Gasteiger partial charge in [0.05, 0.1) is 12.1 Å². The fourth-order valence-corrected chi connectivity index (χ4v) is 2.59. The van der Waals surface area contributed by atoms with Gasteiger partial charge in [0.1, 0.15) is 11.9 Å². The van der Waals surface area contributed by atoms with Crippen LogP contribution < -0.4 is 4.74 Å². The molecule has 1 fully saturated rings. The Kier molecular flexibility index (Phi) is 4.06. The highest BCUT2D eigenvalue weighted by atomic mass is 35.5. The average Bonchev–Trinajstić information content (AvgIpc) is 2.96. The predicted molar refractivity (Wildman–Crippen MR) is 80.6 cm³/mol. The maximum Gasteiger partial charge on any atom is 0.255 e. The number of hydrogen-bond acceptors (Lipinski definition) is 3. The Hall–Kier alpha value is -2.07. The average molecular weight is 303 g/mol. The van der Waals surface area contributed by atoms with Crippen molar-refractivity contribution in [3.05, 3.63) is 59.4 Å². The summed E-state index contributed by atoms with van der Waals surface area (Å²) in [6.45, 7) is 1.28. The number of carbonyl (C=O) groups excluding carboxylic acids is 1. The molecule has 1 aromatic carbocycles. The summed E-state index contributed by atoms with van der Waals surface area (Å²) in [4.78, 5) is 18.1. The summed E-state index contributed by atoms with van der Waals surface area (Å²) in [6, 6.07) is 10.9. The number of pyridine rings is 1. The first-order chi connectivity index (χ1) is 10.2. The van der Waals surface area contributed by atoms with Gasteiger partial charge in [-0.1, -0.05) is 17.7 Å². The van der Waals surface area contributed by atoms with E-state index in [1.165, 1.54) is 0 Å². The maximum atomic E-state index is 12.3. The lowest BCUT2D eigenvalue weighted by atomic mass is 10.2. The zero-order valence-corrected chi connectivity index (χ0v) is 12.2.